The number of hydrogen-bond donors (Lipinski definition) is 0. The first kappa shape index (κ1) is 49.5. The number of hydrogen-bond acceptors (Lipinski definition) is 18. The fourth-order valence-electron chi connectivity index (χ4n) is 0. The van der Waals surface area contributed by atoms with Gasteiger partial charge in [-0.15, -0.1) is 0 Å². The molecule has 0 saturated heterocycles. The van der Waals surface area contributed by atoms with Gasteiger partial charge in [-0.25, -0.2) is 0 Å². The van der Waals surface area contributed by atoms with Crippen molar-refractivity contribution in [3.63, 3.8) is 0 Å². The maximum atomic E-state index is 8.25. The number of nitrogens with zero attached hydrogens (tertiary/aromatic N) is 6. The molecule has 0 rings (SSSR count). The molecule has 0 amide bonds. The predicted octanol–water partition coefficient (Wildman–Crippen LogP) is -1.36. The Hall–Kier alpha value is -4.18. The van der Waals surface area contributed by atoms with E-state index in [2.05, 4.69) is 0 Å². The minimum Gasteiger partial charge on any atom is -0.356 e. The van der Waals surface area contributed by atoms with Crippen molar-refractivity contribution < 1.29 is 50.0 Å². The van der Waals surface area contributed by atoms with Crippen LogP contribution in [0.2, 0.25) is 0 Å². The Bertz CT molecular complexity index is 263. The molecule has 26 heavy (non-hydrogen) atoms. The van der Waals surface area contributed by atoms with Crippen LogP contribution in [0, 0.1) is 99.4 Å². The Morgan fingerprint density at radius 2 is 0.308 bits per heavy atom. The second-order valence-electron chi connectivity index (χ2n) is 1.34. The van der Waals surface area contributed by atoms with Gasteiger partial charge in [0.2, 0.25) is 0 Å². The monoisotopic (exact) mass is 448 g/mol. The molecule has 0 aromatic rings. The first-order valence-electron chi connectivity index (χ1n) is 3.29. The summed E-state index contributed by atoms with van der Waals surface area (Å²) in [5.74, 6) is 0. The zero-order valence-corrected chi connectivity index (χ0v) is 14.2. The largest absolute Gasteiger partial charge is 4.00 e. The van der Waals surface area contributed by atoms with E-state index in [1.807, 2.05) is 0 Å². The topological polar surface area (TPSA) is 397 Å². The molecule has 0 N–H and O–H groups in total. The van der Waals surface area contributed by atoms with Crippen LogP contribution in [-0.4, -0.2) is 30.5 Å². The number of rotatable bonds is 0. The summed E-state index contributed by atoms with van der Waals surface area (Å²) in [6, 6.07) is 0. The zero-order chi connectivity index (χ0) is 21.5. The quantitative estimate of drug-likeness (QED) is 0.234. The molecule has 0 spiro atoms. The van der Waals surface area contributed by atoms with Gasteiger partial charge in [0.1, 0.15) is 0 Å². The van der Waals surface area contributed by atoms with Gasteiger partial charge >= 0.3 is 26.9 Å². The minimum absolute atomic E-state index is 0. The van der Waals surface area contributed by atoms with Gasteiger partial charge in [-0.1, -0.05) is 0 Å². The average Bonchev–Trinajstić information content (AvgIpc) is 2.08. The zero-order valence-electron chi connectivity index (χ0n) is 11.2. The summed E-state index contributed by atoms with van der Waals surface area (Å²) >= 11 is 0. The average molecular weight is 449 g/mol. The third-order valence-electron chi connectivity index (χ3n) is 0. The van der Waals surface area contributed by atoms with Gasteiger partial charge in [-0.3, -0.25) is 0 Å². The summed E-state index contributed by atoms with van der Waals surface area (Å²) in [6.45, 7) is 0. The summed E-state index contributed by atoms with van der Waals surface area (Å²) in [4.78, 5) is 49.5. The maximum Gasteiger partial charge on any atom is 4.00 e. The molecule has 0 saturated carbocycles. The Morgan fingerprint density at radius 1 is 0.308 bits per heavy atom. The van der Waals surface area contributed by atoms with Crippen LogP contribution in [0.4, 0.5) is 0 Å². The normalized spacial score (nSPS) is 5.54. The third-order valence-corrected chi connectivity index (χ3v) is 0. The molecule has 25 heteroatoms. The summed E-state index contributed by atoms with van der Waals surface area (Å²) < 4.78 is 0. The van der Waals surface area contributed by atoms with E-state index in [0.29, 0.717) is 0 Å². The van der Waals surface area contributed by atoms with E-state index in [4.69, 9.17) is 91.9 Å². The minimum atomic E-state index is -1.75. The van der Waals surface area contributed by atoms with E-state index in [1.165, 1.54) is 0 Å². The molecule has 144 valence electrons. The molecular formula is CN6O18Zn. The van der Waals surface area contributed by atoms with E-state index >= 15 is 0 Å². The van der Waals surface area contributed by atoms with Crippen LogP contribution in [0.3, 0.4) is 0 Å². The predicted molar refractivity (Wildman–Crippen MR) is 65.4 cm³/mol. The van der Waals surface area contributed by atoms with Crippen LogP contribution >= 0.6 is 0 Å². The smallest absolute Gasteiger partial charge is 0.356 e. The molecule has 0 atom stereocenters. The molecular weight excluding hydrogens is 449 g/mol. The standard InChI is InChI=1S/C.6NO3.Zn/c;6*2-1(3)4;/q+4;6*-1;+2. The first-order valence-corrected chi connectivity index (χ1v) is 3.29. The van der Waals surface area contributed by atoms with E-state index in [-0.39, 0.29) is 26.9 Å². The molecule has 0 aromatic heterocycles. The fraction of sp³-hybridized carbons (Fsp3) is 0. The fourth-order valence-corrected chi connectivity index (χ4v) is 0. The van der Waals surface area contributed by atoms with Crippen molar-refractivity contribution in [1.82, 2.24) is 0 Å². The van der Waals surface area contributed by atoms with Crippen molar-refractivity contribution in [2.75, 3.05) is 0 Å². The van der Waals surface area contributed by atoms with Gasteiger partial charge in [0, 0.05) is 0 Å². The molecule has 0 fully saturated rings. The van der Waals surface area contributed by atoms with Crippen LogP contribution in [0.1, 0.15) is 0 Å². The van der Waals surface area contributed by atoms with Crippen molar-refractivity contribution >= 4 is 0 Å². The molecule has 0 bridgehead atoms. The molecule has 24 nitrogen and oxygen atoms in total. The molecule has 0 aliphatic carbocycles. The SMILES string of the molecule is O=[N+]([O-])[O-].O=[N+]([O-])[O-].O=[N+]([O-])[O-].O=[N+]([O-])[O-].O=[N+]([O-])[O-].O=[N+]([O-])[O-].[C+4].[Zn+2]. The van der Waals surface area contributed by atoms with Gasteiger partial charge in [-0.05, 0) is 0 Å². The molecule has 0 heterocycles. The van der Waals surface area contributed by atoms with Gasteiger partial charge in [-0.2, -0.15) is 0 Å². The van der Waals surface area contributed by atoms with Crippen LogP contribution in [0.25, 0.3) is 0 Å². The summed E-state index contributed by atoms with van der Waals surface area (Å²) in [7, 11) is 0. The Balaban J connectivity index is -0.0000000245. The Morgan fingerprint density at radius 3 is 0.308 bits per heavy atom. The molecule has 0 radical (unpaired) electrons. The maximum absolute atomic E-state index is 8.25. The summed E-state index contributed by atoms with van der Waals surface area (Å²) in [5, 5.41) is 88.5. The van der Waals surface area contributed by atoms with Gasteiger partial charge in [0.15, 0.2) is 0 Å². The Labute approximate surface area is 150 Å². The van der Waals surface area contributed by atoms with Crippen molar-refractivity contribution in [2.24, 2.45) is 0 Å². The van der Waals surface area contributed by atoms with E-state index in [1.54, 1.807) is 0 Å². The van der Waals surface area contributed by atoms with Crippen molar-refractivity contribution in [1.29, 1.82) is 0 Å². The second kappa shape index (κ2) is 42.8. The van der Waals surface area contributed by atoms with Gasteiger partial charge in [0.25, 0.3) is 0 Å². The Kier molecular flexibility index (Phi) is 81.6. The summed E-state index contributed by atoms with van der Waals surface area (Å²) in [5.41, 5.74) is 0. The third kappa shape index (κ3) is 403. The van der Waals surface area contributed by atoms with Gasteiger partial charge in [0.05, 0.1) is 30.5 Å². The van der Waals surface area contributed by atoms with Gasteiger partial charge < -0.3 is 91.9 Å². The van der Waals surface area contributed by atoms with E-state index in [9.17, 15) is 0 Å². The molecule has 0 aliphatic rings. The molecule has 0 unspecified atom stereocenters. The van der Waals surface area contributed by atoms with Crippen LogP contribution < -0.4 is 0 Å². The molecule has 0 aromatic carbocycles. The van der Waals surface area contributed by atoms with Crippen molar-refractivity contribution in [3.05, 3.63) is 99.4 Å². The first-order chi connectivity index (χ1) is 10.4. The van der Waals surface area contributed by atoms with Crippen LogP contribution in [-0.2, 0) is 19.5 Å². The van der Waals surface area contributed by atoms with E-state index < -0.39 is 30.5 Å². The van der Waals surface area contributed by atoms with Crippen molar-refractivity contribution in [3.8, 4) is 0 Å². The van der Waals surface area contributed by atoms with Crippen LogP contribution in [0.15, 0.2) is 0 Å². The molecule has 0 aliphatic heterocycles. The van der Waals surface area contributed by atoms with Crippen molar-refractivity contribution in [2.45, 2.75) is 0 Å². The van der Waals surface area contributed by atoms with Crippen LogP contribution in [0.5, 0.6) is 0 Å². The van der Waals surface area contributed by atoms with E-state index in [0.717, 1.165) is 0 Å². The summed E-state index contributed by atoms with van der Waals surface area (Å²) in [6.07, 6.45) is 0. The second-order valence-corrected chi connectivity index (χ2v) is 1.34.